The predicted octanol–water partition coefficient (Wildman–Crippen LogP) is 2.96. The van der Waals surface area contributed by atoms with Gasteiger partial charge in [-0.2, -0.15) is 13.2 Å². The summed E-state index contributed by atoms with van der Waals surface area (Å²) in [5.74, 6) is 0. The molecule has 0 amide bonds. The summed E-state index contributed by atoms with van der Waals surface area (Å²) in [7, 11) is 3.56. The lowest BCUT2D eigenvalue weighted by molar-refractivity contribution is -0.136. The van der Waals surface area contributed by atoms with E-state index < -0.39 is 11.7 Å². The minimum absolute atomic E-state index is 0.322. The SMILES string of the molecule is CNCCc1cn(C)c2cccc(C(F)(F)F)c12. The van der Waals surface area contributed by atoms with E-state index in [-0.39, 0.29) is 0 Å². The molecule has 1 heterocycles. The van der Waals surface area contributed by atoms with Crippen LogP contribution in [0.25, 0.3) is 10.9 Å². The van der Waals surface area contributed by atoms with Crippen LogP contribution in [0.4, 0.5) is 13.2 Å². The Kier molecular flexibility index (Phi) is 3.34. The van der Waals surface area contributed by atoms with Crippen LogP contribution in [0.2, 0.25) is 0 Å². The number of fused-ring (bicyclic) bond motifs is 1. The largest absolute Gasteiger partial charge is 0.417 e. The normalized spacial score (nSPS) is 12.3. The Balaban J connectivity index is 2.65. The van der Waals surface area contributed by atoms with E-state index in [2.05, 4.69) is 5.32 Å². The Bertz CT molecular complexity index is 555. The van der Waals surface area contributed by atoms with Crippen molar-refractivity contribution in [2.24, 2.45) is 7.05 Å². The average molecular weight is 256 g/mol. The number of nitrogens with one attached hydrogen (secondary N) is 1. The standard InChI is InChI=1S/C13H15F3N2/c1-17-7-6-9-8-18(2)11-5-3-4-10(12(9)11)13(14,15)16/h3-5,8,17H,6-7H2,1-2H3. The van der Waals surface area contributed by atoms with Crippen LogP contribution in [0.5, 0.6) is 0 Å². The van der Waals surface area contributed by atoms with E-state index in [1.54, 1.807) is 30.9 Å². The smallest absolute Gasteiger partial charge is 0.350 e. The summed E-state index contributed by atoms with van der Waals surface area (Å²) in [4.78, 5) is 0. The number of rotatable bonds is 3. The van der Waals surface area contributed by atoms with E-state index in [0.717, 1.165) is 11.6 Å². The van der Waals surface area contributed by atoms with Crippen molar-refractivity contribution in [1.82, 2.24) is 9.88 Å². The van der Waals surface area contributed by atoms with Gasteiger partial charge < -0.3 is 9.88 Å². The monoisotopic (exact) mass is 256 g/mol. The minimum atomic E-state index is -4.31. The summed E-state index contributed by atoms with van der Waals surface area (Å²) in [5.41, 5.74) is 0.803. The van der Waals surface area contributed by atoms with Gasteiger partial charge >= 0.3 is 6.18 Å². The van der Waals surface area contributed by atoms with E-state index in [1.807, 2.05) is 0 Å². The molecule has 18 heavy (non-hydrogen) atoms. The lowest BCUT2D eigenvalue weighted by atomic mass is 10.0. The fourth-order valence-electron chi connectivity index (χ4n) is 2.22. The van der Waals surface area contributed by atoms with Crippen molar-refractivity contribution in [3.05, 3.63) is 35.5 Å². The molecule has 2 rings (SSSR count). The van der Waals surface area contributed by atoms with Crippen molar-refractivity contribution < 1.29 is 13.2 Å². The van der Waals surface area contributed by atoms with Gasteiger partial charge in [-0.1, -0.05) is 6.07 Å². The third-order valence-corrected chi connectivity index (χ3v) is 3.04. The van der Waals surface area contributed by atoms with E-state index >= 15 is 0 Å². The second-order valence-electron chi connectivity index (χ2n) is 4.32. The molecular formula is C13H15F3N2. The molecule has 0 unspecified atom stereocenters. The first-order chi connectivity index (χ1) is 8.45. The van der Waals surface area contributed by atoms with E-state index in [9.17, 15) is 13.2 Å². The van der Waals surface area contributed by atoms with Crippen LogP contribution >= 0.6 is 0 Å². The van der Waals surface area contributed by atoms with Crippen molar-refractivity contribution >= 4 is 10.9 Å². The maximum Gasteiger partial charge on any atom is 0.417 e. The Morgan fingerprint density at radius 3 is 2.61 bits per heavy atom. The van der Waals surface area contributed by atoms with Gasteiger partial charge in [0.25, 0.3) is 0 Å². The van der Waals surface area contributed by atoms with Crippen LogP contribution in [0, 0.1) is 0 Å². The Morgan fingerprint density at radius 1 is 1.28 bits per heavy atom. The molecule has 2 nitrogen and oxygen atoms in total. The zero-order chi connectivity index (χ0) is 13.3. The lowest BCUT2D eigenvalue weighted by Gasteiger charge is -2.10. The Morgan fingerprint density at radius 2 is 2.00 bits per heavy atom. The van der Waals surface area contributed by atoms with Gasteiger partial charge in [-0.3, -0.25) is 0 Å². The summed E-state index contributed by atoms with van der Waals surface area (Å²) in [6, 6.07) is 4.31. The molecule has 0 aliphatic carbocycles. The van der Waals surface area contributed by atoms with Crippen LogP contribution in [-0.4, -0.2) is 18.2 Å². The van der Waals surface area contributed by atoms with Gasteiger partial charge in [-0.05, 0) is 37.7 Å². The number of hydrogen-bond acceptors (Lipinski definition) is 1. The molecule has 0 spiro atoms. The van der Waals surface area contributed by atoms with Gasteiger partial charge in [0.15, 0.2) is 0 Å². The summed E-state index contributed by atoms with van der Waals surface area (Å²) < 4.78 is 40.8. The van der Waals surface area contributed by atoms with Crippen molar-refractivity contribution in [1.29, 1.82) is 0 Å². The number of aromatic nitrogens is 1. The van der Waals surface area contributed by atoms with E-state index in [1.165, 1.54) is 6.07 Å². The second-order valence-corrected chi connectivity index (χ2v) is 4.32. The lowest BCUT2D eigenvalue weighted by Crippen LogP contribution is -2.11. The fraction of sp³-hybridized carbons (Fsp3) is 0.385. The molecule has 1 aromatic carbocycles. The first-order valence-electron chi connectivity index (χ1n) is 5.74. The van der Waals surface area contributed by atoms with Crippen LogP contribution in [0.1, 0.15) is 11.1 Å². The summed E-state index contributed by atoms with van der Waals surface area (Å²) in [6.07, 6.45) is -1.95. The van der Waals surface area contributed by atoms with Crippen molar-refractivity contribution in [3.63, 3.8) is 0 Å². The van der Waals surface area contributed by atoms with Crippen LogP contribution in [0.3, 0.4) is 0 Å². The molecule has 98 valence electrons. The number of likely N-dealkylation sites (N-methyl/N-ethyl adjacent to an activating group) is 1. The third-order valence-electron chi connectivity index (χ3n) is 3.04. The fourth-order valence-corrected chi connectivity index (χ4v) is 2.22. The average Bonchev–Trinajstić information content (AvgIpc) is 2.63. The highest BCUT2D eigenvalue weighted by molar-refractivity contribution is 5.87. The van der Waals surface area contributed by atoms with Crippen LogP contribution < -0.4 is 5.32 Å². The maximum absolute atomic E-state index is 13.0. The zero-order valence-corrected chi connectivity index (χ0v) is 10.3. The molecule has 0 bridgehead atoms. The quantitative estimate of drug-likeness (QED) is 0.893. The Labute approximate surface area is 103 Å². The first-order valence-corrected chi connectivity index (χ1v) is 5.74. The topological polar surface area (TPSA) is 17.0 Å². The molecule has 0 radical (unpaired) electrons. The van der Waals surface area contributed by atoms with Crippen LogP contribution in [0.15, 0.2) is 24.4 Å². The summed E-state index contributed by atoms with van der Waals surface area (Å²) >= 11 is 0. The molecule has 0 saturated carbocycles. The molecule has 0 fully saturated rings. The van der Waals surface area contributed by atoms with Gasteiger partial charge in [0.05, 0.1) is 5.56 Å². The zero-order valence-electron chi connectivity index (χ0n) is 10.3. The van der Waals surface area contributed by atoms with Gasteiger partial charge in [0.2, 0.25) is 0 Å². The first kappa shape index (κ1) is 13.0. The highest BCUT2D eigenvalue weighted by atomic mass is 19.4. The number of halogens is 3. The number of hydrogen-bond donors (Lipinski definition) is 1. The molecule has 2 aromatic rings. The summed E-state index contributed by atoms with van der Waals surface area (Å²) in [5, 5.41) is 3.28. The molecule has 0 saturated heterocycles. The molecular weight excluding hydrogens is 241 g/mol. The van der Waals surface area contributed by atoms with E-state index in [0.29, 0.717) is 23.9 Å². The minimum Gasteiger partial charge on any atom is -0.350 e. The Hall–Kier alpha value is -1.49. The molecule has 0 aliphatic heterocycles. The third kappa shape index (κ3) is 2.22. The molecule has 0 aliphatic rings. The van der Waals surface area contributed by atoms with Gasteiger partial charge in [0, 0.05) is 24.1 Å². The highest BCUT2D eigenvalue weighted by Gasteiger charge is 2.33. The number of benzene rings is 1. The maximum atomic E-state index is 13.0. The van der Waals surface area contributed by atoms with Crippen molar-refractivity contribution in [2.75, 3.05) is 13.6 Å². The van der Waals surface area contributed by atoms with Crippen LogP contribution in [-0.2, 0) is 19.6 Å². The second kappa shape index (κ2) is 4.65. The molecule has 1 aromatic heterocycles. The van der Waals surface area contributed by atoms with Crippen molar-refractivity contribution in [3.8, 4) is 0 Å². The summed E-state index contributed by atoms with van der Waals surface area (Å²) in [6.45, 7) is 0.658. The number of aryl methyl sites for hydroxylation is 1. The van der Waals surface area contributed by atoms with Gasteiger partial charge in [-0.25, -0.2) is 0 Å². The number of alkyl halides is 3. The molecule has 1 N–H and O–H groups in total. The van der Waals surface area contributed by atoms with Crippen molar-refractivity contribution in [2.45, 2.75) is 12.6 Å². The van der Waals surface area contributed by atoms with Gasteiger partial charge in [0.1, 0.15) is 0 Å². The highest BCUT2D eigenvalue weighted by Crippen LogP contribution is 2.36. The van der Waals surface area contributed by atoms with Gasteiger partial charge in [-0.15, -0.1) is 0 Å². The molecule has 0 atom stereocenters. The predicted molar refractivity (Wildman–Crippen MR) is 65.6 cm³/mol. The number of nitrogens with zero attached hydrogens (tertiary/aromatic N) is 1. The molecule has 5 heteroatoms. The van der Waals surface area contributed by atoms with E-state index in [4.69, 9.17) is 0 Å².